The van der Waals surface area contributed by atoms with Crippen molar-refractivity contribution in [3.8, 4) is 0 Å². The zero-order valence-corrected chi connectivity index (χ0v) is 14.8. The molecule has 2 aromatic carbocycles. The van der Waals surface area contributed by atoms with Crippen molar-refractivity contribution in [1.29, 1.82) is 0 Å². The molecule has 2 amide bonds. The molecule has 2 N–H and O–H groups in total. The van der Waals surface area contributed by atoms with Crippen molar-refractivity contribution in [3.05, 3.63) is 70.8 Å². The Balaban J connectivity index is 1.87. The third-order valence-electron chi connectivity index (χ3n) is 3.39. The first-order chi connectivity index (χ1) is 12.7. The molecule has 0 unspecified atom stereocenters. The molecular weight excluding hydrogens is 381 g/mol. The highest BCUT2D eigenvalue weighted by atomic mass is 35.5. The number of anilines is 1. The minimum Gasteiger partial charge on any atom is -0.347 e. The van der Waals surface area contributed by atoms with Crippen LogP contribution in [0, 0.1) is 0 Å². The molecule has 0 radical (unpaired) electrons. The van der Waals surface area contributed by atoms with E-state index in [9.17, 15) is 22.8 Å². The summed E-state index contributed by atoms with van der Waals surface area (Å²) in [5.74, 6) is -1.10. The van der Waals surface area contributed by atoms with Gasteiger partial charge in [-0.2, -0.15) is 13.2 Å². The van der Waals surface area contributed by atoms with E-state index in [0.717, 1.165) is 0 Å². The van der Waals surface area contributed by atoms with Crippen molar-refractivity contribution < 1.29 is 22.8 Å². The molecule has 0 heterocycles. The van der Waals surface area contributed by atoms with E-state index in [1.807, 2.05) is 0 Å². The largest absolute Gasteiger partial charge is 0.405 e. The third kappa shape index (κ3) is 7.53. The number of halogens is 4. The molecule has 0 bridgehead atoms. The van der Waals surface area contributed by atoms with Gasteiger partial charge in [0.05, 0.1) is 6.42 Å². The summed E-state index contributed by atoms with van der Waals surface area (Å²) in [5, 5.41) is 4.96. The first-order valence-electron chi connectivity index (χ1n) is 7.89. The predicted octanol–water partition coefficient (Wildman–Crippen LogP) is 4.21. The third-order valence-corrected chi connectivity index (χ3v) is 3.74. The molecule has 0 aliphatic heterocycles. The van der Waals surface area contributed by atoms with E-state index in [1.54, 1.807) is 59.9 Å². The lowest BCUT2D eigenvalue weighted by Gasteiger charge is -2.08. The number of carbonyl (C=O) groups is 2. The molecule has 142 valence electrons. The van der Waals surface area contributed by atoms with Crippen LogP contribution in [-0.4, -0.2) is 24.5 Å². The maximum atomic E-state index is 12.1. The fourth-order valence-corrected chi connectivity index (χ4v) is 2.31. The van der Waals surface area contributed by atoms with Gasteiger partial charge in [-0.15, -0.1) is 0 Å². The molecule has 0 atom stereocenters. The molecule has 2 aromatic rings. The van der Waals surface area contributed by atoms with Crippen molar-refractivity contribution >= 4 is 35.2 Å². The van der Waals surface area contributed by atoms with Crippen LogP contribution in [0.25, 0.3) is 6.08 Å². The fourth-order valence-electron chi connectivity index (χ4n) is 2.11. The van der Waals surface area contributed by atoms with Crippen LogP contribution in [0.2, 0.25) is 5.02 Å². The van der Waals surface area contributed by atoms with E-state index in [4.69, 9.17) is 11.6 Å². The Bertz CT molecular complexity index is 834. The molecule has 4 nitrogen and oxygen atoms in total. The summed E-state index contributed by atoms with van der Waals surface area (Å²) >= 11 is 6.00. The summed E-state index contributed by atoms with van der Waals surface area (Å²) < 4.78 is 36.2. The van der Waals surface area contributed by atoms with Gasteiger partial charge in [-0.05, 0) is 35.4 Å². The molecule has 0 saturated carbocycles. The van der Waals surface area contributed by atoms with E-state index < -0.39 is 18.6 Å². The number of amides is 2. The smallest absolute Gasteiger partial charge is 0.347 e. The van der Waals surface area contributed by atoms with Crippen LogP contribution in [-0.2, 0) is 16.0 Å². The number of nitrogens with one attached hydrogen (secondary N) is 2. The van der Waals surface area contributed by atoms with Gasteiger partial charge >= 0.3 is 6.18 Å². The van der Waals surface area contributed by atoms with E-state index in [2.05, 4.69) is 5.32 Å². The minimum absolute atomic E-state index is 0.184. The average molecular weight is 397 g/mol. The summed E-state index contributed by atoms with van der Waals surface area (Å²) in [6.45, 7) is -1.36. The molecule has 27 heavy (non-hydrogen) atoms. The summed E-state index contributed by atoms with van der Waals surface area (Å²) in [6.07, 6.45) is -1.71. The van der Waals surface area contributed by atoms with Crippen LogP contribution in [0.3, 0.4) is 0 Å². The van der Waals surface area contributed by atoms with Crippen LogP contribution in [0.1, 0.15) is 11.1 Å². The van der Waals surface area contributed by atoms with Gasteiger partial charge in [0.1, 0.15) is 6.54 Å². The Morgan fingerprint density at radius 1 is 1.04 bits per heavy atom. The van der Waals surface area contributed by atoms with E-state index >= 15 is 0 Å². The van der Waals surface area contributed by atoms with E-state index in [1.165, 1.54) is 6.08 Å². The number of rotatable bonds is 6. The molecule has 0 aliphatic rings. The fraction of sp³-hybridized carbons (Fsp3) is 0.158. The number of alkyl halides is 3. The average Bonchev–Trinajstić information content (AvgIpc) is 2.60. The Labute approximate surface area is 159 Å². The van der Waals surface area contributed by atoms with Gasteiger partial charge in [-0.25, -0.2) is 0 Å². The quantitative estimate of drug-likeness (QED) is 0.718. The van der Waals surface area contributed by atoms with Crippen molar-refractivity contribution in [1.82, 2.24) is 5.32 Å². The number of hydrogen-bond donors (Lipinski definition) is 2. The lowest BCUT2D eigenvalue weighted by atomic mass is 10.1. The molecule has 0 fully saturated rings. The summed E-state index contributed by atoms with van der Waals surface area (Å²) in [7, 11) is 0. The topological polar surface area (TPSA) is 58.2 Å². The molecule has 2 rings (SSSR count). The van der Waals surface area contributed by atoms with Crippen LogP contribution in [0.15, 0.2) is 54.6 Å². The van der Waals surface area contributed by atoms with E-state index in [-0.39, 0.29) is 12.3 Å². The van der Waals surface area contributed by atoms with Crippen LogP contribution < -0.4 is 10.6 Å². The minimum atomic E-state index is -4.44. The number of benzene rings is 2. The zero-order chi connectivity index (χ0) is 19.9. The van der Waals surface area contributed by atoms with Gasteiger partial charge in [0.2, 0.25) is 11.8 Å². The highest BCUT2D eigenvalue weighted by Gasteiger charge is 2.27. The Morgan fingerprint density at radius 3 is 2.33 bits per heavy atom. The summed E-state index contributed by atoms with van der Waals surface area (Å²) in [4.78, 5) is 23.4. The van der Waals surface area contributed by atoms with Gasteiger partial charge in [0.15, 0.2) is 0 Å². The monoisotopic (exact) mass is 396 g/mol. The molecular formula is C19H16ClF3N2O2. The molecule has 0 spiro atoms. The van der Waals surface area contributed by atoms with Crippen molar-refractivity contribution in [2.24, 2.45) is 0 Å². The molecule has 0 aromatic heterocycles. The van der Waals surface area contributed by atoms with Crippen molar-refractivity contribution in [2.75, 3.05) is 11.9 Å². The van der Waals surface area contributed by atoms with Crippen LogP contribution in [0.4, 0.5) is 18.9 Å². The second-order valence-electron chi connectivity index (χ2n) is 5.61. The number of hydrogen-bond acceptors (Lipinski definition) is 2. The van der Waals surface area contributed by atoms with Gasteiger partial charge in [-0.3, -0.25) is 9.59 Å². The van der Waals surface area contributed by atoms with Gasteiger partial charge in [0.25, 0.3) is 0 Å². The first-order valence-corrected chi connectivity index (χ1v) is 8.27. The lowest BCUT2D eigenvalue weighted by Crippen LogP contribution is -2.34. The van der Waals surface area contributed by atoms with Crippen LogP contribution in [0.5, 0.6) is 0 Å². The summed E-state index contributed by atoms with van der Waals surface area (Å²) in [5.41, 5.74) is 1.72. The van der Waals surface area contributed by atoms with Gasteiger partial charge in [0, 0.05) is 16.8 Å². The SMILES string of the molecule is O=C(C=Cc1ccccc1Cl)Nc1ccc(CC(=O)NCC(F)(F)F)cc1. The highest BCUT2D eigenvalue weighted by molar-refractivity contribution is 6.32. The molecule has 0 aliphatic carbocycles. The maximum Gasteiger partial charge on any atom is 0.405 e. The van der Waals surface area contributed by atoms with Crippen molar-refractivity contribution in [3.63, 3.8) is 0 Å². The van der Waals surface area contributed by atoms with Gasteiger partial charge < -0.3 is 10.6 Å². The second kappa shape index (κ2) is 9.23. The van der Waals surface area contributed by atoms with E-state index in [0.29, 0.717) is 21.8 Å². The number of carbonyl (C=O) groups excluding carboxylic acids is 2. The van der Waals surface area contributed by atoms with Gasteiger partial charge in [-0.1, -0.05) is 41.9 Å². The Morgan fingerprint density at radius 2 is 1.70 bits per heavy atom. The second-order valence-corrected chi connectivity index (χ2v) is 6.02. The predicted molar refractivity (Wildman–Crippen MR) is 98.3 cm³/mol. The first kappa shape index (κ1) is 20.5. The highest BCUT2D eigenvalue weighted by Crippen LogP contribution is 2.17. The van der Waals surface area contributed by atoms with Crippen molar-refractivity contribution in [2.45, 2.75) is 12.6 Å². The maximum absolute atomic E-state index is 12.1. The summed E-state index contributed by atoms with van der Waals surface area (Å²) in [6, 6.07) is 13.3. The molecule has 0 saturated heterocycles. The molecule has 8 heteroatoms. The standard InChI is InChI=1S/C19H16ClF3N2O2/c20-16-4-2-1-3-14(16)7-10-17(26)25-15-8-5-13(6-9-15)11-18(27)24-12-19(21,22)23/h1-10H,11-12H2,(H,24,27)(H,25,26). The lowest BCUT2D eigenvalue weighted by molar-refractivity contribution is -0.138. The zero-order valence-electron chi connectivity index (χ0n) is 14.0. The Kier molecular flexibility index (Phi) is 7.01. The normalized spacial score (nSPS) is 11.4. The Hall–Kier alpha value is -2.80. The van der Waals surface area contributed by atoms with Crippen LogP contribution >= 0.6 is 11.6 Å².